The number of carbonyl (C=O) groups excluding carboxylic acids is 1. The molecule has 0 radical (unpaired) electrons. The first-order chi connectivity index (χ1) is 10.6. The molecule has 2 aromatic rings. The summed E-state index contributed by atoms with van der Waals surface area (Å²) < 4.78 is 0. The van der Waals surface area contributed by atoms with Gasteiger partial charge in [0.25, 0.3) is 5.91 Å². The molecule has 3 rings (SSSR count). The number of hydrogen-bond acceptors (Lipinski definition) is 5. The summed E-state index contributed by atoms with van der Waals surface area (Å²) in [6.45, 7) is 3.92. The van der Waals surface area contributed by atoms with Crippen LogP contribution in [-0.4, -0.2) is 29.2 Å². The number of amides is 1. The van der Waals surface area contributed by atoms with Crippen LogP contribution in [0.2, 0.25) is 0 Å². The van der Waals surface area contributed by atoms with E-state index in [1.807, 2.05) is 19.1 Å². The van der Waals surface area contributed by atoms with Crippen molar-refractivity contribution >= 4 is 23.1 Å². The Labute approximate surface area is 129 Å². The third-order valence-electron chi connectivity index (χ3n) is 3.82. The predicted molar refractivity (Wildman–Crippen MR) is 87.0 cm³/mol. The van der Waals surface area contributed by atoms with Crippen LogP contribution in [0.5, 0.6) is 0 Å². The number of nitrogens with one attached hydrogen (secondary N) is 1. The number of anilines is 3. The van der Waals surface area contributed by atoms with Crippen molar-refractivity contribution in [2.45, 2.75) is 19.8 Å². The second-order valence-electron chi connectivity index (χ2n) is 5.50. The van der Waals surface area contributed by atoms with Gasteiger partial charge in [-0.15, -0.1) is 10.2 Å². The van der Waals surface area contributed by atoms with E-state index >= 15 is 0 Å². The summed E-state index contributed by atoms with van der Waals surface area (Å²) in [6, 6.07) is 8.96. The average molecular weight is 297 g/mol. The van der Waals surface area contributed by atoms with Crippen LogP contribution in [0.3, 0.4) is 0 Å². The SMILES string of the molecule is Cc1ccc(N)cc1NC(=O)c1ccc(N2CCCC2)nn1. The van der Waals surface area contributed by atoms with Gasteiger partial charge in [-0.05, 0) is 49.6 Å². The van der Waals surface area contributed by atoms with Gasteiger partial charge in [0.15, 0.2) is 11.5 Å². The van der Waals surface area contributed by atoms with Gasteiger partial charge < -0.3 is 16.0 Å². The van der Waals surface area contributed by atoms with Crippen molar-refractivity contribution < 1.29 is 4.79 Å². The molecule has 1 amide bonds. The summed E-state index contributed by atoms with van der Waals surface area (Å²) in [7, 11) is 0. The zero-order valence-corrected chi connectivity index (χ0v) is 12.5. The van der Waals surface area contributed by atoms with Crippen LogP contribution in [0.15, 0.2) is 30.3 Å². The van der Waals surface area contributed by atoms with Crippen LogP contribution < -0.4 is 16.0 Å². The van der Waals surface area contributed by atoms with E-state index in [0.717, 1.165) is 24.5 Å². The molecule has 0 unspecified atom stereocenters. The molecule has 0 aliphatic carbocycles. The van der Waals surface area contributed by atoms with E-state index in [2.05, 4.69) is 20.4 Å². The standard InChI is InChI=1S/C16H19N5O/c1-11-4-5-12(17)10-14(11)18-16(22)13-6-7-15(20-19-13)21-8-2-3-9-21/h4-7,10H,2-3,8-9,17H2,1H3,(H,18,22). The van der Waals surface area contributed by atoms with Crippen molar-refractivity contribution in [3.63, 3.8) is 0 Å². The fourth-order valence-corrected chi connectivity index (χ4v) is 2.52. The Morgan fingerprint density at radius 3 is 2.64 bits per heavy atom. The van der Waals surface area contributed by atoms with Crippen molar-refractivity contribution in [1.82, 2.24) is 10.2 Å². The van der Waals surface area contributed by atoms with Gasteiger partial charge >= 0.3 is 0 Å². The quantitative estimate of drug-likeness (QED) is 0.849. The lowest BCUT2D eigenvalue weighted by Crippen LogP contribution is -2.21. The minimum absolute atomic E-state index is 0.283. The van der Waals surface area contributed by atoms with E-state index < -0.39 is 0 Å². The summed E-state index contributed by atoms with van der Waals surface area (Å²) in [5.74, 6) is 0.545. The third kappa shape index (κ3) is 3.00. The molecule has 114 valence electrons. The van der Waals surface area contributed by atoms with Crippen molar-refractivity contribution in [2.24, 2.45) is 0 Å². The maximum absolute atomic E-state index is 12.2. The molecule has 3 N–H and O–H groups in total. The number of hydrogen-bond donors (Lipinski definition) is 2. The Morgan fingerprint density at radius 1 is 1.18 bits per heavy atom. The van der Waals surface area contributed by atoms with Gasteiger partial charge in [-0.25, -0.2) is 0 Å². The van der Waals surface area contributed by atoms with Crippen LogP contribution in [-0.2, 0) is 0 Å². The van der Waals surface area contributed by atoms with E-state index in [1.165, 1.54) is 12.8 Å². The number of carbonyl (C=O) groups is 1. The van der Waals surface area contributed by atoms with E-state index in [-0.39, 0.29) is 5.91 Å². The number of benzene rings is 1. The van der Waals surface area contributed by atoms with Crippen LogP contribution in [0, 0.1) is 6.92 Å². The normalized spacial score (nSPS) is 14.1. The van der Waals surface area contributed by atoms with Crippen LogP contribution in [0.1, 0.15) is 28.9 Å². The molecule has 1 aromatic heterocycles. The summed E-state index contributed by atoms with van der Waals surface area (Å²) >= 11 is 0. The van der Waals surface area contributed by atoms with Gasteiger partial charge in [-0.2, -0.15) is 0 Å². The molecule has 1 saturated heterocycles. The molecule has 2 heterocycles. The molecule has 22 heavy (non-hydrogen) atoms. The highest BCUT2D eigenvalue weighted by molar-refractivity contribution is 6.03. The highest BCUT2D eigenvalue weighted by Crippen LogP contribution is 2.20. The number of nitrogens with two attached hydrogens (primary N) is 1. The number of rotatable bonds is 3. The zero-order chi connectivity index (χ0) is 15.5. The molecule has 0 atom stereocenters. The number of aryl methyl sites for hydroxylation is 1. The highest BCUT2D eigenvalue weighted by atomic mass is 16.1. The summed E-state index contributed by atoms with van der Waals surface area (Å²) in [5, 5.41) is 11.0. The summed E-state index contributed by atoms with van der Waals surface area (Å²) in [6.07, 6.45) is 2.36. The molecule has 6 nitrogen and oxygen atoms in total. The second kappa shape index (κ2) is 6.01. The lowest BCUT2D eigenvalue weighted by molar-refractivity contribution is 0.102. The lowest BCUT2D eigenvalue weighted by Gasteiger charge is -2.15. The first kappa shape index (κ1) is 14.3. The van der Waals surface area contributed by atoms with Crippen LogP contribution in [0.25, 0.3) is 0 Å². The third-order valence-corrected chi connectivity index (χ3v) is 3.82. The molecular weight excluding hydrogens is 278 g/mol. The topological polar surface area (TPSA) is 84.1 Å². The van der Waals surface area contributed by atoms with Crippen LogP contribution in [0.4, 0.5) is 17.2 Å². The Bertz CT molecular complexity index is 677. The largest absolute Gasteiger partial charge is 0.399 e. The number of nitrogens with zero attached hydrogens (tertiary/aromatic N) is 3. The van der Waals surface area contributed by atoms with Crippen molar-refractivity contribution in [3.05, 3.63) is 41.6 Å². The zero-order valence-electron chi connectivity index (χ0n) is 12.5. The number of nitrogen functional groups attached to an aromatic ring is 1. The first-order valence-electron chi connectivity index (χ1n) is 7.39. The maximum Gasteiger partial charge on any atom is 0.276 e. The average Bonchev–Trinajstić information content (AvgIpc) is 3.05. The smallest absolute Gasteiger partial charge is 0.276 e. The Hall–Kier alpha value is -2.63. The van der Waals surface area contributed by atoms with Crippen molar-refractivity contribution in [1.29, 1.82) is 0 Å². The molecule has 0 bridgehead atoms. The maximum atomic E-state index is 12.2. The molecule has 0 saturated carbocycles. The van der Waals surface area contributed by atoms with E-state index in [4.69, 9.17) is 5.73 Å². The van der Waals surface area contributed by atoms with E-state index in [0.29, 0.717) is 17.1 Å². The molecular formula is C16H19N5O. The first-order valence-corrected chi connectivity index (χ1v) is 7.39. The molecule has 1 aliphatic rings. The van der Waals surface area contributed by atoms with Crippen molar-refractivity contribution in [2.75, 3.05) is 29.0 Å². The minimum Gasteiger partial charge on any atom is -0.399 e. The molecule has 1 aromatic carbocycles. The van der Waals surface area contributed by atoms with Gasteiger partial charge in [0, 0.05) is 24.5 Å². The van der Waals surface area contributed by atoms with Crippen LogP contribution >= 0.6 is 0 Å². The minimum atomic E-state index is -0.283. The van der Waals surface area contributed by atoms with Gasteiger partial charge in [-0.1, -0.05) is 6.07 Å². The van der Waals surface area contributed by atoms with Gasteiger partial charge in [0.2, 0.25) is 0 Å². The summed E-state index contributed by atoms with van der Waals surface area (Å²) in [5.41, 5.74) is 8.29. The predicted octanol–water partition coefficient (Wildman–Crippen LogP) is 2.22. The molecule has 1 fully saturated rings. The number of aromatic nitrogens is 2. The summed E-state index contributed by atoms with van der Waals surface area (Å²) in [4.78, 5) is 14.4. The van der Waals surface area contributed by atoms with Gasteiger partial charge in [0.05, 0.1) is 0 Å². The monoisotopic (exact) mass is 297 g/mol. The van der Waals surface area contributed by atoms with E-state index in [1.54, 1.807) is 18.2 Å². The second-order valence-corrected chi connectivity index (χ2v) is 5.50. The lowest BCUT2D eigenvalue weighted by atomic mass is 10.2. The molecule has 1 aliphatic heterocycles. The van der Waals surface area contributed by atoms with Crippen molar-refractivity contribution in [3.8, 4) is 0 Å². The molecule has 0 spiro atoms. The van der Waals surface area contributed by atoms with Gasteiger partial charge in [-0.3, -0.25) is 4.79 Å². The fourth-order valence-electron chi connectivity index (χ4n) is 2.52. The fraction of sp³-hybridized carbons (Fsp3) is 0.312. The van der Waals surface area contributed by atoms with Gasteiger partial charge in [0.1, 0.15) is 0 Å². The highest BCUT2D eigenvalue weighted by Gasteiger charge is 2.15. The Kier molecular flexibility index (Phi) is 3.91. The molecule has 6 heteroatoms. The Balaban J connectivity index is 1.73. The Morgan fingerprint density at radius 2 is 1.95 bits per heavy atom. The van der Waals surface area contributed by atoms with E-state index in [9.17, 15) is 4.79 Å².